The number of ether oxygens (including phenoxy) is 1. The first-order valence-corrected chi connectivity index (χ1v) is 12.7. The molecular weight excluding hydrogens is 494 g/mol. The minimum absolute atomic E-state index is 0.0206. The number of H-pyrrole nitrogens is 1. The van der Waals surface area contributed by atoms with Crippen LogP contribution in [-0.4, -0.2) is 35.0 Å². The Morgan fingerprint density at radius 1 is 1.15 bits per heavy atom. The summed E-state index contributed by atoms with van der Waals surface area (Å²) in [5.74, 6) is 0.797. The molecule has 34 heavy (non-hydrogen) atoms. The first-order valence-electron chi connectivity index (χ1n) is 11.9. The number of methoxy groups -OCH3 is 1. The molecule has 2 aliphatic carbocycles. The van der Waals surface area contributed by atoms with Crippen LogP contribution in [0.3, 0.4) is 0 Å². The maximum absolute atomic E-state index is 13.7. The van der Waals surface area contributed by atoms with E-state index in [9.17, 15) is 9.59 Å². The van der Waals surface area contributed by atoms with Crippen LogP contribution in [0.4, 0.5) is 4.79 Å². The largest absolute Gasteiger partial charge is 0.453 e. The Hall–Kier alpha value is -2.67. The van der Waals surface area contributed by atoms with Crippen molar-refractivity contribution in [3.05, 3.63) is 52.9 Å². The lowest BCUT2D eigenvalue weighted by atomic mass is 9.84. The molecule has 2 N–H and O–H groups in total. The third kappa shape index (κ3) is 4.38. The van der Waals surface area contributed by atoms with Crippen molar-refractivity contribution in [2.75, 3.05) is 7.11 Å². The summed E-state index contributed by atoms with van der Waals surface area (Å²) in [5, 5.41) is 5.11. The summed E-state index contributed by atoms with van der Waals surface area (Å²) in [6.07, 6.45) is 5.47. The lowest BCUT2D eigenvalue weighted by Crippen LogP contribution is -2.47. The van der Waals surface area contributed by atoms with E-state index in [0.29, 0.717) is 0 Å². The van der Waals surface area contributed by atoms with Crippen molar-refractivity contribution in [1.29, 1.82) is 0 Å². The zero-order valence-electron chi connectivity index (χ0n) is 19.7. The van der Waals surface area contributed by atoms with Gasteiger partial charge < -0.3 is 15.0 Å². The summed E-state index contributed by atoms with van der Waals surface area (Å²) >= 11 is 3.53. The molecule has 2 fully saturated rings. The fourth-order valence-electron chi connectivity index (χ4n) is 5.51. The molecule has 0 saturated heterocycles. The lowest BCUT2D eigenvalue weighted by molar-refractivity contribution is -0.126. The molecule has 1 amide bonds. The van der Waals surface area contributed by atoms with Gasteiger partial charge in [-0.15, -0.1) is 0 Å². The SMILES string of the molecule is COC(=O)N[C@H](C(=O)C1CC2(CC2)C[C@H]1c1ncc(-c2ccc3cc(Br)ccc3c2)[nH]1)C(C)C. The van der Waals surface area contributed by atoms with Crippen LogP contribution in [-0.2, 0) is 9.53 Å². The van der Waals surface area contributed by atoms with Gasteiger partial charge in [-0.1, -0.05) is 48.0 Å². The maximum atomic E-state index is 13.7. The van der Waals surface area contributed by atoms with Gasteiger partial charge in [0.15, 0.2) is 5.78 Å². The fraction of sp³-hybridized carbons (Fsp3) is 0.444. The highest BCUT2D eigenvalue weighted by Crippen LogP contribution is 2.64. The highest BCUT2D eigenvalue weighted by molar-refractivity contribution is 9.10. The number of aromatic nitrogens is 2. The Morgan fingerprint density at radius 3 is 2.59 bits per heavy atom. The zero-order valence-corrected chi connectivity index (χ0v) is 21.3. The predicted molar refractivity (Wildman–Crippen MR) is 136 cm³/mol. The molecule has 2 saturated carbocycles. The van der Waals surface area contributed by atoms with Gasteiger partial charge >= 0.3 is 6.09 Å². The molecule has 1 heterocycles. The molecule has 2 aromatic carbocycles. The second-order valence-electron chi connectivity index (χ2n) is 10.3. The Bertz CT molecular complexity index is 1250. The van der Waals surface area contributed by atoms with Crippen molar-refractivity contribution < 1.29 is 14.3 Å². The minimum atomic E-state index is -0.567. The van der Waals surface area contributed by atoms with Crippen molar-refractivity contribution in [2.45, 2.75) is 51.5 Å². The summed E-state index contributed by atoms with van der Waals surface area (Å²) in [7, 11) is 1.32. The smallest absolute Gasteiger partial charge is 0.407 e. The number of Topliss-reactive ketones (excluding diaryl/α,β-unsaturated/α-hetero) is 1. The van der Waals surface area contributed by atoms with E-state index < -0.39 is 12.1 Å². The average Bonchev–Trinajstić information content (AvgIpc) is 3.23. The summed E-state index contributed by atoms with van der Waals surface area (Å²) in [4.78, 5) is 33.9. The number of nitrogens with zero attached hydrogens (tertiary/aromatic N) is 1. The van der Waals surface area contributed by atoms with E-state index in [1.54, 1.807) is 0 Å². The van der Waals surface area contributed by atoms with Crippen LogP contribution >= 0.6 is 15.9 Å². The molecule has 7 heteroatoms. The Kier molecular flexibility index (Phi) is 6.00. The highest BCUT2D eigenvalue weighted by atomic mass is 79.9. The third-order valence-electron chi connectivity index (χ3n) is 7.61. The van der Waals surface area contributed by atoms with E-state index in [4.69, 9.17) is 9.72 Å². The van der Waals surface area contributed by atoms with E-state index in [1.165, 1.54) is 12.5 Å². The second-order valence-corrected chi connectivity index (χ2v) is 11.2. The molecule has 0 bridgehead atoms. The van der Waals surface area contributed by atoms with Gasteiger partial charge in [-0.25, -0.2) is 9.78 Å². The van der Waals surface area contributed by atoms with E-state index in [2.05, 4.69) is 56.6 Å². The number of halogens is 1. The van der Waals surface area contributed by atoms with Gasteiger partial charge in [0.2, 0.25) is 0 Å². The van der Waals surface area contributed by atoms with Crippen molar-refractivity contribution in [3.8, 4) is 11.3 Å². The van der Waals surface area contributed by atoms with Gasteiger partial charge in [-0.05, 0) is 66.0 Å². The lowest BCUT2D eigenvalue weighted by Gasteiger charge is -2.26. The van der Waals surface area contributed by atoms with Gasteiger partial charge in [-0.2, -0.15) is 0 Å². The number of benzene rings is 2. The number of nitrogens with one attached hydrogen (secondary N) is 2. The molecule has 3 aromatic rings. The topological polar surface area (TPSA) is 84.1 Å². The van der Waals surface area contributed by atoms with Gasteiger partial charge in [0, 0.05) is 21.9 Å². The van der Waals surface area contributed by atoms with Crippen molar-refractivity contribution in [1.82, 2.24) is 15.3 Å². The quantitative estimate of drug-likeness (QED) is 0.401. The molecule has 5 rings (SSSR count). The standard InChI is InChI=1S/C27H30BrN3O3/c1-15(2)23(31-26(33)34-3)24(32)20-12-27(8-9-27)13-21(20)25-29-14-22(30-25)18-5-4-17-11-19(28)7-6-16(17)10-18/h4-7,10-11,14-15,20-21,23H,8-9,12-13H2,1-3H3,(H,29,30)(H,31,33)/t20?,21-,23+/m1/s1. The van der Waals surface area contributed by atoms with Crippen molar-refractivity contribution in [2.24, 2.45) is 17.3 Å². The normalized spacial score (nSPS) is 21.7. The molecule has 1 aromatic heterocycles. The van der Waals surface area contributed by atoms with Gasteiger partial charge in [0.05, 0.1) is 25.0 Å². The first-order chi connectivity index (χ1) is 16.3. The van der Waals surface area contributed by atoms with Crippen molar-refractivity contribution >= 4 is 38.6 Å². The number of imidazole rings is 1. The Labute approximate surface area is 208 Å². The van der Waals surface area contributed by atoms with Crippen LogP contribution in [0.2, 0.25) is 0 Å². The molecule has 0 radical (unpaired) electrons. The van der Waals surface area contributed by atoms with Crippen LogP contribution in [0.5, 0.6) is 0 Å². The van der Waals surface area contributed by atoms with Gasteiger partial charge in [-0.3, -0.25) is 4.79 Å². The predicted octanol–water partition coefficient (Wildman–Crippen LogP) is 6.22. The number of fused-ring (bicyclic) bond motifs is 1. The summed E-state index contributed by atoms with van der Waals surface area (Å²) in [5.41, 5.74) is 2.28. The van der Waals surface area contributed by atoms with Crippen LogP contribution < -0.4 is 5.32 Å². The number of carbonyl (C=O) groups excluding carboxylic acids is 2. The monoisotopic (exact) mass is 523 g/mol. The van der Waals surface area contributed by atoms with Crippen LogP contribution in [0.25, 0.3) is 22.0 Å². The van der Waals surface area contributed by atoms with E-state index in [0.717, 1.165) is 52.6 Å². The molecule has 6 nitrogen and oxygen atoms in total. The summed E-state index contributed by atoms with van der Waals surface area (Å²) in [6.45, 7) is 3.91. The second kappa shape index (κ2) is 8.84. The van der Waals surface area contributed by atoms with E-state index in [1.807, 2.05) is 26.1 Å². The number of alkyl carbamates (subject to hydrolysis) is 1. The Morgan fingerprint density at radius 2 is 1.88 bits per heavy atom. The number of hydrogen-bond acceptors (Lipinski definition) is 4. The molecule has 1 unspecified atom stereocenters. The molecule has 1 spiro atoms. The van der Waals surface area contributed by atoms with Crippen molar-refractivity contribution in [3.63, 3.8) is 0 Å². The molecule has 178 valence electrons. The number of ketones is 1. The number of carbonyl (C=O) groups is 2. The first kappa shape index (κ1) is 23.1. The number of rotatable bonds is 6. The van der Waals surface area contributed by atoms with E-state index >= 15 is 0 Å². The maximum Gasteiger partial charge on any atom is 0.407 e. The van der Waals surface area contributed by atoms with E-state index in [-0.39, 0.29) is 29.0 Å². The number of amides is 1. The van der Waals surface area contributed by atoms with Crippen LogP contribution in [0.1, 0.15) is 51.3 Å². The zero-order chi connectivity index (χ0) is 24.0. The summed E-state index contributed by atoms with van der Waals surface area (Å²) in [6, 6.07) is 12.1. The highest BCUT2D eigenvalue weighted by Gasteiger charge is 2.56. The molecule has 2 aliphatic rings. The van der Waals surface area contributed by atoms with Crippen LogP contribution in [0, 0.1) is 17.3 Å². The molecule has 3 atom stereocenters. The number of hydrogen-bond donors (Lipinski definition) is 2. The number of aromatic amines is 1. The molecular formula is C27H30BrN3O3. The average molecular weight is 524 g/mol. The van der Waals surface area contributed by atoms with Gasteiger partial charge in [0.1, 0.15) is 5.82 Å². The molecule has 0 aliphatic heterocycles. The van der Waals surface area contributed by atoms with Gasteiger partial charge in [0.25, 0.3) is 0 Å². The van der Waals surface area contributed by atoms with Crippen LogP contribution in [0.15, 0.2) is 47.1 Å². The summed E-state index contributed by atoms with van der Waals surface area (Å²) < 4.78 is 5.83. The third-order valence-corrected chi connectivity index (χ3v) is 8.10. The Balaban J connectivity index is 1.43. The minimum Gasteiger partial charge on any atom is -0.453 e. The fourth-order valence-corrected chi connectivity index (χ4v) is 5.89.